The molecule has 6 nitrogen and oxygen atoms in total. The minimum atomic E-state index is 0.149. The molecule has 2 bridgehead atoms. The quantitative estimate of drug-likeness (QED) is 0.405. The zero-order valence-corrected chi connectivity index (χ0v) is 20.6. The van der Waals surface area contributed by atoms with Crippen molar-refractivity contribution in [1.82, 2.24) is 19.9 Å². The van der Waals surface area contributed by atoms with Crippen LogP contribution in [0.1, 0.15) is 38.8 Å². The Morgan fingerprint density at radius 3 is 2.46 bits per heavy atom. The van der Waals surface area contributed by atoms with Crippen molar-refractivity contribution < 1.29 is 0 Å². The first-order valence-corrected chi connectivity index (χ1v) is 12.6. The molecule has 3 atom stereocenters. The number of pyridine rings is 1. The van der Waals surface area contributed by atoms with E-state index < -0.39 is 0 Å². The maximum Gasteiger partial charge on any atom is 0.162 e. The molecule has 0 spiro atoms. The zero-order chi connectivity index (χ0) is 23.9. The lowest BCUT2D eigenvalue weighted by molar-refractivity contribution is 0.191. The molecule has 2 aromatic carbocycles. The number of nitrogens with zero attached hydrogens (tertiary/aromatic N) is 5. The van der Waals surface area contributed by atoms with Crippen molar-refractivity contribution in [1.29, 1.82) is 0 Å². The van der Waals surface area contributed by atoms with Crippen molar-refractivity contribution in [2.75, 3.05) is 23.3 Å². The summed E-state index contributed by atoms with van der Waals surface area (Å²) < 4.78 is 0. The Balaban J connectivity index is 1.34. The van der Waals surface area contributed by atoms with Gasteiger partial charge in [0.1, 0.15) is 11.6 Å². The Kier molecular flexibility index (Phi) is 5.61. The zero-order valence-electron chi connectivity index (χ0n) is 20.6. The molecule has 2 unspecified atom stereocenters. The lowest BCUT2D eigenvalue weighted by Crippen LogP contribution is -2.49. The SMILES string of the molecule is CC(C)N1CC2CC1CN2c1nc(-c2ccnc(N[C@@H](C)c3ccccc3)c2)nc2ccccc12. The number of anilines is 2. The van der Waals surface area contributed by atoms with Crippen LogP contribution in [0.3, 0.4) is 0 Å². The fraction of sp³-hybridized carbons (Fsp3) is 0.345. The van der Waals surface area contributed by atoms with E-state index in [1.807, 2.05) is 18.3 Å². The molecule has 0 aliphatic carbocycles. The van der Waals surface area contributed by atoms with Crippen LogP contribution in [0.4, 0.5) is 11.6 Å². The Morgan fingerprint density at radius 1 is 0.886 bits per heavy atom. The number of likely N-dealkylation sites (tertiary alicyclic amines) is 1. The molecule has 6 heteroatoms. The van der Waals surface area contributed by atoms with E-state index in [2.05, 4.69) is 95.5 Å². The summed E-state index contributed by atoms with van der Waals surface area (Å²) in [5.74, 6) is 2.63. The van der Waals surface area contributed by atoms with E-state index in [0.29, 0.717) is 18.1 Å². The standard InChI is InChI=1S/C29H32N6/c1-19(2)34-17-24-16-23(34)18-35(24)29-25-11-7-8-12-26(25)32-28(33-29)22-13-14-30-27(15-22)31-20(3)21-9-5-4-6-10-21/h4-15,19-20,23-24H,16-18H2,1-3H3,(H,30,31)/t20-,23?,24?/m0/s1. The van der Waals surface area contributed by atoms with Crippen molar-refractivity contribution in [3.05, 3.63) is 78.5 Å². The van der Waals surface area contributed by atoms with Crippen LogP contribution in [-0.2, 0) is 0 Å². The van der Waals surface area contributed by atoms with Gasteiger partial charge < -0.3 is 10.2 Å². The molecular formula is C29H32N6. The van der Waals surface area contributed by atoms with Crippen LogP contribution >= 0.6 is 0 Å². The number of rotatable bonds is 6. The van der Waals surface area contributed by atoms with Crippen molar-refractivity contribution >= 4 is 22.5 Å². The molecule has 2 saturated heterocycles. The molecule has 2 fully saturated rings. The molecule has 6 rings (SSSR count). The Labute approximate surface area is 207 Å². The third-order valence-corrected chi connectivity index (χ3v) is 7.48. The van der Waals surface area contributed by atoms with Crippen molar-refractivity contribution in [2.24, 2.45) is 0 Å². The van der Waals surface area contributed by atoms with Gasteiger partial charge in [0.2, 0.25) is 0 Å². The average Bonchev–Trinajstić information content (AvgIpc) is 3.50. The second kappa shape index (κ2) is 8.93. The van der Waals surface area contributed by atoms with E-state index in [0.717, 1.165) is 47.0 Å². The fourth-order valence-corrected chi connectivity index (χ4v) is 5.69. The lowest BCUT2D eigenvalue weighted by Gasteiger charge is -2.37. The number of nitrogens with one attached hydrogen (secondary N) is 1. The molecule has 0 radical (unpaired) electrons. The molecular weight excluding hydrogens is 432 g/mol. The largest absolute Gasteiger partial charge is 0.364 e. The Bertz CT molecular complexity index is 1340. The minimum Gasteiger partial charge on any atom is -0.364 e. The van der Waals surface area contributed by atoms with Gasteiger partial charge in [-0.3, -0.25) is 4.90 Å². The Morgan fingerprint density at radius 2 is 1.69 bits per heavy atom. The summed E-state index contributed by atoms with van der Waals surface area (Å²) in [6, 6.07) is 24.7. The van der Waals surface area contributed by atoms with Crippen LogP contribution in [0.5, 0.6) is 0 Å². The third kappa shape index (κ3) is 4.12. The van der Waals surface area contributed by atoms with Crippen LogP contribution in [0, 0.1) is 0 Å². The van der Waals surface area contributed by atoms with E-state index in [1.54, 1.807) is 0 Å². The topological polar surface area (TPSA) is 57.2 Å². The van der Waals surface area contributed by atoms with Gasteiger partial charge in [0.15, 0.2) is 5.82 Å². The molecule has 1 N–H and O–H groups in total. The normalized spacial score (nSPS) is 20.6. The van der Waals surface area contributed by atoms with Crippen LogP contribution in [-0.4, -0.2) is 51.1 Å². The molecule has 0 saturated carbocycles. The monoisotopic (exact) mass is 464 g/mol. The van der Waals surface area contributed by atoms with Gasteiger partial charge in [-0.1, -0.05) is 42.5 Å². The molecule has 0 amide bonds. The predicted molar refractivity (Wildman–Crippen MR) is 143 cm³/mol. The third-order valence-electron chi connectivity index (χ3n) is 7.48. The van der Waals surface area contributed by atoms with Crippen LogP contribution in [0.2, 0.25) is 0 Å². The summed E-state index contributed by atoms with van der Waals surface area (Å²) in [5, 5.41) is 4.66. The van der Waals surface area contributed by atoms with Gasteiger partial charge in [0.25, 0.3) is 0 Å². The second-order valence-electron chi connectivity index (χ2n) is 10.1. The first kappa shape index (κ1) is 22.0. The van der Waals surface area contributed by atoms with Crippen molar-refractivity contribution in [3.63, 3.8) is 0 Å². The number of hydrogen-bond acceptors (Lipinski definition) is 6. The highest BCUT2D eigenvalue weighted by atomic mass is 15.4. The maximum atomic E-state index is 5.16. The number of benzene rings is 2. The van der Waals surface area contributed by atoms with Gasteiger partial charge >= 0.3 is 0 Å². The number of para-hydroxylation sites is 1. The highest BCUT2D eigenvalue weighted by molar-refractivity contribution is 5.91. The minimum absolute atomic E-state index is 0.149. The first-order valence-electron chi connectivity index (χ1n) is 12.6. The van der Waals surface area contributed by atoms with E-state index in [-0.39, 0.29) is 6.04 Å². The smallest absolute Gasteiger partial charge is 0.162 e. The Hall–Kier alpha value is -3.51. The molecule has 2 aliphatic rings. The summed E-state index contributed by atoms with van der Waals surface area (Å²) in [6.07, 6.45) is 3.05. The highest BCUT2D eigenvalue weighted by Crippen LogP contribution is 2.38. The molecule has 2 aliphatic heterocycles. The highest BCUT2D eigenvalue weighted by Gasteiger charge is 2.45. The van der Waals surface area contributed by atoms with Gasteiger partial charge in [0, 0.05) is 54.4 Å². The van der Waals surface area contributed by atoms with E-state index in [9.17, 15) is 0 Å². The van der Waals surface area contributed by atoms with E-state index in [1.165, 1.54) is 12.0 Å². The molecule has 35 heavy (non-hydrogen) atoms. The first-order chi connectivity index (χ1) is 17.1. The maximum absolute atomic E-state index is 5.16. The molecule has 4 aromatic rings. The van der Waals surface area contributed by atoms with E-state index in [4.69, 9.17) is 9.97 Å². The van der Waals surface area contributed by atoms with E-state index >= 15 is 0 Å². The van der Waals surface area contributed by atoms with Gasteiger partial charge in [0.05, 0.1) is 5.52 Å². The van der Waals surface area contributed by atoms with Crippen LogP contribution < -0.4 is 10.2 Å². The number of hydrogen-bond donors (Lipinski definition) is 1. The summed E-state index contributed by atoms with van der Waals surface area (Å²) in [5.41, 5.74) is 3.19. The second-order valence-corrected chi connectivity index (χ2v) is 10.1. The summed E-state index contributed by atoms with van der Waals surface area (Å²) in [7, 11) is 0. The lowest BCUT2D eigenvalue weighted by atomic mass is 10.1. The van der Waals surface area contributed by atoms with Crippen molar-refractivity contribution in [3.8, 4) is 11.4 Å². The molecule has 178 valence electrons. The van der Waals surface area contributed by atoms with Gasteiger partial charge in [-0.15, -0.1) is 0 Å². The van der Waals surface area contributed by atoms with Crippen LogP contribution in [0.25, 0.3) is 22.3 Å². The van der Waals surface area contributed by atoms with Crippen LogP contribution in [0.15, 0.2) is 72.9 Å². The molecule has 2 aromatic heterocycles. The number of aromatic nitrogens is 3. The summed E-state index contributed by atoms with van der Waals surface area (Å²) in [6.45, 7) is 8.89. The average molecular weight is 465 g/mol. The number of fused-ring (bicyclic) bond motifs is 3. The number of piperazine rings is 1. The van der Waals surface area contributed by atoms with Crippen molar-refractivity contribution in [2.45, 2.75) is 51.4 Å². The molecule has 4 heterocycles. The van der Waals surface area contributed by atoms with Gasteiger partial charge in [-0.25, -0.2) is 15.0 Å². The fourth-order valence-electron chi connectivity index (χ4n) is 5.69. The predicted octanol–water partition coefficient (Wildman–Crippen LogP) is 5.54. The van der Waals surface area contributed by atoms with Gasteiger partial charge in [-0.05, 0) is 57.0 Å². The summed E-state index contributed by atoms with van der Waals surface area (Å²) in [4.78, 5) is 19.8. The summed E-state index contributed by atoms with van der Waals surface area (Å²) >= 11 is 0. The van der Waals surface area contributed by atoms with Gasteiger partial charge in [-0.2, -0.15) is 0 Å².